The number of carbonyl (C=O) groups excluding carboxylic acids is 1. The number of hydrogen-bond acceptors (Lipinski definition) is 2. The molecule has 0 atom stereocenters. The number of hydrogen-bond donors (Lipinski definition) is 0. The van der Waals surface area contributed by atoms with Crippen molar-refractivity contribution in [2.75, 3.05) is 0 Å². The lowest BCUT2D eigenvalue weighted by molar-refractivity contribution is 0.0801. The molecule has 14 heavy (non-hydrogen) atoms. The van der Waals surface area contributed by atoms with Crippen LogP contribution in [0.15, 0.2) is 12.5 Å². The summed E-state index contributed by atoms with van der Waals surface area (Å²) < 4.78 is 1.64. The normalized spacial score (nSPS) is 18.4. The third-order valence-electron chi connectivity index (χ3n) is 2.92. The maximum absolute atomic E-state index is 11.9. The third-order valence-corrected chi connectivity index (χ3v) is 2.92. The minimum Gasteiger partial charge on any atom is -0.276 e. The Kier molecular flexibility index (Phi) is 2.66. The fourth-order valence-corrected chi connectivity index (χ4v) is 2.10. The highest BCUT2D eigenvalue weighted by Crippen LogP contribution is 2.24. The lowest BCUT2D eigenvalue weighted by Crippen LogP contribution is -2.22. The Balaban J connectivity index is 2.07. The van der Waals surface area contributed by atoms with Crippen LogP contribution in [0.5, 0.6) is 0 Å². The summed E-state index contributed by atoms with van der Waals surface area (Å²) in [5.74, 6) is 0.461. The van der Waals surface area contributed by atoms with Crippen molar-refractivity contribution in [2.45, 2.75) is 39.0 Å². The first kappa shape index (κ1) is 9.44. The van der Waals surface area contributed by atoms with Gasteiger partial charge < -0.3 is 0 Å². The Labute approximate surface area is 84.1 Å². The van der Waals surface area contributed by atoms with E-state index in [2.05, 4.69) is 4.98 Å². The van der Waals surface area contributed by atoms with Gasteiger partial charge in [-0.2, -0.15) is 0 Å². The molecule has 0 aliphatic heterocycles. The molecule has 3 nitrogen and oxygen atoms in total. The van der Waals surface area contributed by atoms with Gasteiger partial charge in [0.1, 0.15) is 6.33 Å². The van der Waals surface area contributed by atoms with Gasteiger partial charge in [-0.15, -0.1) is 0 Å². The minimum absolute atomic E-state index is 0.227. The van der Waals surface area contributed by atoms with Gasteiger partial charge in [0.15, 0.2) is 0 Å². The predicted molar refractivity (Wildman–Crippen MR) is 54.2 cm³/mol. The van der Waals surface area contributed by atoms with E-state index in [0.717, 1.165) is 18.5 Å². The van der Waals surface area contributed by atoms with Crippen LogP contribution < -0.4 is 0 Å². The van der Waals surface area contributed by atoms with E-state index in [-0.39, 0.29) is 11.8 Å². The molecule has 0 radical (unpaired) electrons. The van der Waals surface area contributed by atoms with Crippen molar-refractivity contribution in [3.63, 3.8) is 0 Å². The van der Waals surface area contributed by atoms with Crippen LogP contribution in [0.25, 0.3) is 0 Å². The van der Waals surface area contributed by atoms with Crippen molar-refractivity contribution in [3.8, 4) is 0 Å². The molecule has 0 bridgehead atoms. The zero-order chi connectivity index (χ0) is 9.97. The fraction of sp³-hybridized carbons (Fsp3) is 0.636. The molecule has 3 heteroatoms. The SMILES string of the molecule is Cc1cn(C(=O)C2CCCCC2)cn1. The van der Waals surface area contributed by atoms with Crippen molar-refractivity contribution in [1.29, 1.82) is 0 Å². The number of nitrogens with zero attached hydrogens (tertiary/aromatic N) is 2. The first-order valence-corrected chi connectivity index (χ1v) is 5.32. The Morgan fingerprint density at radius 1 is 1.43 bits per heavy atom. The van der Waals surface area contributed by atoms with Crippen molar-refractivity contribution in [2.24, 2.45) is 5.92 Å². The van der Waals surface area contributed by atoms with Crippen molar-refractivity contribution in [1.82, 2.24) is 9.55 Å². The van der Waals surface area contributed by atoms with E-state index in [1.807, 2.05) is 13.1 Å². The molecule has 1 aliphatic rings. The van der Waals surface area contributed by atoms with Gasteiger partial charge in [0, 0.05) is 12.1 Å². The highest BCUT2D eigenvalue weighted by atomic mass is 16.2. The minimum atomic E-state index is 0.227. The summed E-state index contributed by atoms with van der Waals surface area (Å²) in [5, 5.41) is 0. The molecule has 76 valence electrons. The highest BCUT2D eigenvalue weighted by Gasteiger charge is 2.22. The van der Waals surface area contributed by atoms with E-state index in [0.29, 0.717) is 0 Å². The van der Waals surface area contributed by atoms with Crippen LogP contribution in [0.4, 0.5) is 0 Å². The average molecular weight is 192 g/mol. The standard InChI is InChI=1S/C11H16N2O/c1-9-7-13(8-12-9)11(14)10-5-3-2-4-6-10/h7-8,10H,2-6H2,1H3. The number of carbonyl (C=O) groups is 1. The van der Waals surface area contributed by atoms with E-state index in [1.54, 1.807) is 10.9 Å². The van der Waals surface area contributed by atoms with Crippen LogP contribution >= 0.6 is 0 Å². The molecule has 0 aromatic carbocycles. The lowest BCUT2D eigenvalue weighted by atomic mass is 9.88. The molecule has 0 saturated heterocycles. The molecule has 2 rings (SSSR count). The predicted octanol–water partition coefficient (Wildman–Crippen LogP) is 2.41. The smallest absolute Gasteiger partial charge is 0.234 e. The van der Waals surface area contributed by atoms with Crippen LogP contribution in [0.3, 0.4) is 0 Å². The maximum atomic E-state index is 11.9. The van der Waals surface area contributed by atoms with Crippen LogP contribution in [0, 0.1) is 12.8 Å². The molecule has 1 fully saturated rings. The molecule has 0 spiro atoms. The summed E-state index contributed by atoms with van der Waals surface area (Å²) in [7, 11) is 0. The molecule has 1 saturated carbocycles. The van der Waals surface area contributed by atoms with Crippen LogP contribution in [0.1, 0.15) is 42.6 Å². The second-order valence-corrected chi connectivity index (χ2v) is 4.10. The number of aromatic nitrogens is 2. The second kappa shape index (κ2) is 3.95. The molecule has 0 amide bonds. The molecule has 1 aromatic rings. The highest BCUT2D eigenvalue weighted by molar-refractivity contribution is 5.81. The Bertz CT molecular complexity index is 324. The summed E-state index contributed by atoms with van der Waals surface area (Å²) in [5.41, 5.74) is 0.911. The molecule has 1 aromatic heterocycles. The Morgan fingerprint density at radius 2 is 2.14 bits per heavy atom. The number of imidazole rings is 1. The topological polar surface area (TPSA) is 34.9 Å². The van der Waals surface area contributed by atoms with Gasteiger partial charge >= 0.3 is 0 Å². The molecule has 0 N–H and O–H groups in total. The molecule has 1 heterocycles. The van der Waals surface area contributed by atoms with Gasteiger partial charge in [-0.1, -0.05) is 19.3 Å². The average Bonchev–Trinajstić information content (AvgIpc) is 2.65. The number of rotatable bonds is 1. The maximum Gasteiger partial charge on any atom is 0.234 e. The quantitative estimate of drug-likeness (QED) is 0.684. The van der Waals surface area contributed by atoms with Crippen LogP contribution in [0.2, 0.25) is 0 Å². The van der Waals surface area contributed by atoms with Crippen molar-refractivity contribution >= 4 is 5.91 Å². The number of aryl methyl sites for hydroxylation is 1. The van der Waals surface area contributed by atoms with Crippen LogP contribution in [-0.4, -0.2) is 15.5 Å². The van der Waals surface area contributed by atoms with E-state index < -0.39 is 0 Å². The third kappa shape index (κ3) is 1.86. The Hall–Kier alpha value is -1.12. The zero-order valence-corrected chi connectivity index (χ0v) is 8.57. The van der Waals surface area contributed by atoms with Gasteiger partial charge in [-0.3, -0.25) is 9.36 Å². The van der Waals surface area contributed by atoms with Crippen molar-refractivity contribution in [3.05, 3.63) is 18.2 Å². The van der Waals surface area contributed by atoms with Gasteiger partial charge in [-0.25, -0.2) is 4.98 Å². The molecular weight excluding hydrogens is 176 g/mol. The van der Waals surface area contributed by atoms with Gasteiger partial charge in [-0.05, 0) is 19.8 Å². The lowest BCUT2D eigenvalue weighted by Gasteiger charge is -2.19. The summed E-state index contributed by atoms with van der Waals surface area (Å²) in [6, 6.07) is 0. The molecular formula is C11H16N2O. The zero-order valence-electron chi connectivity index (χ0n) is 8.57. The summed E-state index contributed by atoms with van der Waals surface area (Å²) in [6.45, 7) is 1.91. The van der Waals surface area contributed by atoms with Gasteiger partial charge in [0.25, 0.3) is 0 Å². The summed E-state index contributed by atoms with van der Waals surface area (Å²) in [4.78, 5) is 16.0. The van der Waals surface area contributed by atoms with E-state index in [9.17, 15) is 4.79 Å². The summed E-state index contributed by atoms with van der Waals surface area (Å²) in [6.07, 6.45) is 9.23. The van der Waals surface area contributed by atoms with E-state index >= 15 is 0 Å². The summed E-state index contributed by atoms with van der Waals surface area (Å²) >= 11 is 0. The monoisotopic (exact) mass is 192 g/mol. The molecule has 0 unspecified atom stereocenters. The molecule has 1 aliphatic carbocycles. The van der Waals surface area contributed by atoms with E-state index in [4.69, 9.17) is 0 Å². The largest absolute Gasteiger partial charge is 0.276 e. The van der Waals surface area contributed by atoms with Gasteiger partial charge in [0.2, 0.25) is 5.91 Å². The fourth-order valence-electron chi connectivity index (χ4n) is 2.10. The van der Waals surface area contributed by atoms with Crippen molar-refractivity contribution < 1.29 is 4.79 Å². The van der Waals surface area contributed by atoms with Gasteiger partial charge in [0.05, 0.1) is 5.69 Å². The Morgan fingerprint density at radius 3 is 2.71 bits per heavy atom. The van der Waals surface area contributed by atoms with E-state index in [1.165, 1.54) is 19.3 Å². The first-order valence-electron chi connectivity index (χ1n) is 5.32. The second-order valence-electron chi connectivity index (χ2n) is 4.10. The first-order chi connectivity index (χ1) is 6.77. The van der Waals surface area contributed by atoms with Crippen LogP contribution in [-0.2, 0) is 0 Å².